The second-order valence-electron chi connectivity index (χ2n) is 4.95. The SMILES string of the molecule is CC(C)[N+]1(Cl)[CH-]N(c2ccccc2)c2cccnc21. The molecule has 0 aliphatic carbocycles. The molecule has 1 aromatic heterocycles. The molecule has 0 saturated heterocycles. The van der Waals surface area contributed by atoms with Gasteiger partial charge in [0.15, 0.2) is 0 Å². The van der Waals surface area contributed by atoms with Gasteiger partial charge in [0.1, 0.15) is 11.8 Å². The van der Waals surface area contributed by atoms with Crippen LogP contribution in [-0.4, -0.2) is 11.0 Å². The Balaban J connectivity index is 2.12. The molecule has 0 saturated carbocycles. The van der Waals surface area contributed by atoms with Crippen molar-refractivity contribution in [1.82, 2.24) is 8.99 Å². The molecule has 2 aromatic rings. The van der Waals surface area contributed by atoms with Crippen LogP contribution < -0.4 is 8.90 Å². The molecule has 3 nitrogen and oxygen atoms in total. The molecule has 98 valence electrons. The van der Waals surface area contributed by atoms with Gasteiger partial charge in [0.05, 0.1) is 11.7 Å². The van der Waals surface area contributed by atoms with Crippen LogP contribution >= 0.6 is 11.8 Å². The van der Waals surface area contributed by atoms with Crippen molar-refractivity contribution >= 4 is 29.0 Å². The number of rotatable bonds is 2. The smallest absolute Gasteiger partial charge is 0.241 e. The van der Waals surface area contributed by atoms with E-state index in [1.165, 1.54) is 0 Å². The van der Waals surface area contributed by atoms with Gasteiger partial charge in [-0.05, 0) is 44.8 Å². The Morgan fingerprint density at radius 3 is 2.58 bits per heavy atom. The highest BCUT2D eigenvalue weighted by Gasteiger charge is 2.38. The molecule has 19 heavy (non-hydrogen) atoms. The Labute approximate surface area is 118 Å². The highest BCUT2D eigenvalue weighted by atomic mass is 35.5. The first-order valence-corrected chi connectivity index (χ1v) is 6.71. The Morgan fingerprint density at radius 1 is 1.16 bits per heavy atom. The molecule has 0 spiro atoms. The van der Waals surface area contributed by atoms with Gasteiger partial charge in [-0.2, -0.15) is 0 Å². The first kappa shape index (κ1) is 12.5. The van der Waals surface area contributed by atoms with Crippen LogP contribution in [0.25, 0.3) is 0 Å². The van der Waals surface area contributed by atoms with Crippen molar-refractivity contribution in [2.75, 3.05) is 4.90 Å². The van der Waals surface area contributed by atoms with Crippen LogP contribution in [0.2, 0.25) is 0 Å². The van der Waals surface area contributed by atoms with E-state index in [-0.39, 0.29) is 10.0 Å². The van der Waals surface area contributed by atoms with Gasteiger partial charge < -0.3 is 4.90 Å². The highest BCUT2D eigenvalue weighted by molar-refractivity contribution is 6.24. The zero-order valence-electron chi connectivity index (χ0n) is 11.0. The number of aromatic nitrogens is 1. The topological polar surface area (TPSA) is 16.1 Å². The highest BCUT2D eigenvalue weighted by Crippen LogP contribution is 2.48. The van der Waals surface area contributed by atoms with E-state index in [1.54, 1.807) is 6.20 Å². The quantitative estimate of drug-likeness (QED) is 0.601. The first-order valence-electron chi connectivity index (χ1n) is 6.37. The van der Waals surface area contributed by atoms with Gasteiger partial charge in [-0.1, -0.05) is 18.2 Å². The van der Waals surface area contributed by atoms with Gasteiger partial charge in [-0.15, -0.1) is 0 Å². The Kier molecular flexibility index (Phi) is 2.96. The Bertz CT molecular complexity index is 585. The number of fused-ring (bicyclic) bond motifs is 1. The number of benzene rings is 1. The number of halogens is 1. The molecule has 2 heterocycles. The summed E-state index contributed by atoms with van der Waals surface area (Å²) < 4.78 is 0.199. The molecular weight excluding hydrogens is 258 g/mol. The van der Waals surface area contributed by atoms with Crippen LogP contribution in [0.15, 0.2) is 48.7 Å². The predicted octanol–water partition coefficient (Wildman–Crippen LogP) is 4.22. The van der Waals surface area contributed by atoms with E-state index in [9.17, 15) is 0 Å². The number of para-hydroxylation sites is 1. The van der Waals surface area contributed by atoms with Crippen LogP contribution in [0.1, 0.15) is 13.8 Å². The molecule has 0 amide bonds. The molecule has 1 atom stereocenters. The van der Waals surface area contributed by atoms with Crippen molar-refractivity contribution in [1.29, 1.82) is 0 Å². The zero-order chi connectivity index (χ0) is 13.5. The van der Waals surface area contributed by atoms with E-state index in [2.05, 4.69) is 41.9 Å². The standard InChI is InChI=1S/C15H16ClN3/c1-12(2)19(16)11-18(13-7-4-3-5-8-13)14-9-6-10-17-15(14)19/h3-12H,1-2H3. The molecule has 1 aromatic carbocycles. The molecule has 0 radical (unpaired) electrons. The molecule has 4 heteroatoms. The fourth-order valence-electron chi connectivity index (χ4n) is 2.30. The van der Waals surface area contributed by atoms with Crippen LogP contribution in [-0.2, 0) is 0 Å². The van der Waals surface area contributed by atoms with Crippen LogP contribution in [0, 0.1) is 6.67 Å². The van der Waals surface area contributed by atoms with Crippen molar-refractivity contribution < 1.29 is 0 Å². The molecule has 0 N–H and O–H groups in total. The lowest BCUT2D eigenvalue weighted by Gasteiger charge is -2.37. The van der Waals surface area contributed by atoms with Crippen LogP contribution in [0.3, 0.4) is 0 Å². The molecule has 1 aliphatic heterocycles. The average molecular weight is 274 g/mol. The zero-order valence-corrected chi connectivity index (χ0v) is 11.7. The number of nitrogens with zero attached hydrogens (tertiary/aromatic N) is 3. The van der Waals surface area contributed by atoms with Crippen LogP contribution in [0.4, 0.5) is 17.2 Å². The maximum Gasteiger partial charge on any atom is 0.241 e. The summed E-state index contributed by atoms with van der Waals surface area (Å²) in [5.41, 5.74) is 2.13. The maximum atomic E-state index is 6.76. The summed E-state index contributed by atoms with van der Waals surface area (Å²) >= 11 is 6.76. The summed E-state index contributed by atoms with van der Waals surface area (Å²) in [5.74, 6) is 0.878. The summed E-state index contributed by atoms with van der Waals surface area (Å²) in [6.45, 7) is 6.20. The largest absolute Gasteiger partial charge is 0.433 e. The number of quaternary nitrogens is 1. The number of hydrogen-bond donors (Lipinski definition) is 0. The van der Waals surface area contributed by atoms with E-state index >= 15 is 0 Å². The number of anilines is 2. The third kappa shape index (κ3) is 1.90. The second kappa shape index (κ2) is 4.51. The summed E-state index contributed by atoms with van der Waals surface area (Å²) in [4.78, 5) is 6.58. The van der Waals surface area contributed by atoms with Crippen molar-refractivity contribution in [3.8, 4) is 0 Å². The van der Waals surface area contributed by atoms with Gasteiger partial charge >= 0.3 is 0 Å². The first-order chi connectivity index (χ1) is 9.13. The fourth-order valence-corrected chi connectivity index (χ4v) is 2.52. The van der Waals surface area contributed by atoms with E-state index in [0.29, 0.717) is 0 Å². The summed E-state index contributed by atoms with van der Waals surface area (Å²) in [7, 11) is 0. The van der Waals surface area contributed by atoms with Gasteiger partial charge in [-0.25, -0.2) is 4.98 Å². The minimum absolute atomic E-state index is 0.199. The summed E-state index contributed by atoms with van der Waals surface area (Å²) in [6.07, 6.45) is 1.79. The second-order valence-corrected chi connectivity index (χ2v) is 5.51. The molecular formula is C15H16ClN3. The number of pyridine rings is 1. The average Bonchev–Trinajstić information content (AvgIpc) is 2.76. The summed E-state index contributed by atoms with van der Waals surface area (Å²) in [6, 6.07) is 14.4. The molecule has 1 aliphatic rings. The Morgan fingerprint density at radius 2 is 1.89 bits per heavy atom. The Hall–Kier alpha value is -1.58. The molecule has 0 fully saturated rings. The molecule has 3 rings (SSSR count). The lowest BCUT2D eigenvalue weighted by atomic mass is 10.3. The van der Waals surface area contributed by atoms with E-state index in [1.807, 2.05) is 30.9 Å². The third-order valence-electron chi connectivity index (χ3n) is 3.42. The monoisotopic (exact) mass is 273 g/mol. The van der Waals surface area contributed by atoms with Gasteiger partial charge in [0.2, 0.25) is 5.82 Å². The predicted molar refractivity (Wildman–Crippen MR) is 79.9 cm³/mol. The normalized spacial score (nSPS) is 21.8. The lowest BCUT2D eigenvalue weighted by molar-refractivity contribution is 0.444. The van der Waals surface area contributed by atoms with Gasteiger partial charge in [-0.3, -0.25) is 4.00 Å². The minimum atomic E-state index is 0.199. The number of hydrogen-bond acceptors (Lipinski definition) is 2. The molecule has 0 bridgehead atoms. The van der Waals surface area contributed by atoms with Crippen molar-refractivity contribution in [3.63, 3.8) is 0 Å². The van der Waals surface area contributed by atoms with E-state index < -0.39 is 0 Å². The third-order valence-corrected chi connectivity index (χ3v) is 4.06. The van der Waals surface area contributed by atoms with Gasteiger partial charge in [0, 0.05) is 11.9 Å². The fraction of sp³-hybridized carbons (Fsp3) is 0.200. The van der Waals surface area contributed by atoms with E-state index in [0.717, 1.165) is 17.2 Å². The minimum Gasteiger partial charge on any atom is -0.433 e. The van der Waals surface area contributed by atoms with Crippen molar-refractivity contribution in [3.05, 3.63) is 55.3 Å². The van der Waals surface area contributed by atoms with E-state index in [4.69, 9.17) is 11.8 Å². The lowest BCUT2D eigenvalue weighted by Crippen LogP contribution is -2.43. The summed E-state index contributed by atoms with van der Waals surface area (Å²) in [5, 5.41) is 0. The van der Waals surface area contributed by atoms with Crippen molar-refractivity contribution in [2.24, 2.45) is 0 Å². The van der Waals surface area contributed by atoms with Gasteiger partial charge in [0.25, 0.3) is 0 Å². The molecule has 1 unspecified atom stereocenters. The van der Waals surface area contributed by atoms with Crippen LogP contribution in [0.5, 0.6) is 0 Å². The maximum absolute atomic E-state index is 6.76. The van der Waals surface area contributed by atoms with Crippen molar-refractivity contribution in [2.45, 2.75) is 19.9 Å².